The van der Waals surface area contributed by atoms with Crippen LogP contribution < -0.4 is 4.74 Å². The maximum atomic E-state index is 12.3. The molecule has 10 heteroatoms. The van der Waals surface area contributed by atoms with Gasteiger partial charge in [0.25, 0.3) is 0 Å². The molecule has 0 saturated heterocycles. The predicted octanol–water partition coefficient (Wildman–Crippen LogP) is 4.35. The number of alkyl halides is 3. The van der Waals surface area contributed by atoms with E-state index in [1.807, 2.05) is 0 Å². The third-order valence-corrected chi connectivity index (χ3v) is 2.97. The molecule has 0 spiro atoms. The van der Waals surface area contributed by atoms with Gasteiger partial charge in [-0.25, -0.2) is 4.98 Å². The van der Waals surface area contributed by atoms with Gasteiger partial charge in [-0.2, -0.15) is 0 Å². The van der Waals surface area contributed by atoms with Crippen LogP contribution in [0.3, 0.4) is 0 Å². The molecule has 20 heavy (non-hydrogen) atoms. The summed E-state index contributed by atoms with van der Waals surface area (Å²) in [4.78, 5) is 13.5. The van der Waals surface area contributed by atoms with Crippen molar-refractivity contribution in [3.8, 4) is 5.75 Å². The molecule has 0 unspecified atom stereocenters. The molecule has 2 rings (SSSR count). The molecular formula is C10H3Cl2F3N2O3. The number of benzene rings is 1. The molecule has 1 aromatic carbocycles. The average molecular weight is 327 g/mol. The lowest BCUT2D eigenvalue weighted by Crippen LogP contribution is -2.17. The van der Waals surface area contributed by atoms with E-state index in [0.29, 0.717) is 0 Å². The van der Waals surface area contributed by atoms with Gasteiger partial charge in [0.1, 0.15) is 16.7 Å². The molecule has 2 aromatic rings. The zero-order chi connectivity index (χ0) is 15.1. The second-order valence-corrected chi connectivity index (χ2v) is 4.32. The van der Waals surface area contributed by atoms with E-state index in [2.05, 4.69) is 9.72 Å². The normalized spacial score (nSPS) is 11.7. The fourth-order valence-corrected chi connectivity index (χ4v) is 2.13. The van der Waals surface area contributed by atoms with Crippen LogP contribution in [0.4, 0.5) is 18.9 Å². The summed E-state index contributed by atoms with van der Waals surface area (Å²) in [5, 5.41) is 10.1. The van der Waals surface area contributed by atoms with Crippen LogP contribution in [0.1, 0.15) is 0 Å². The molecule has 0 aliphatic carbocycles. The highest BCUT2D eigenvalue weighted by molar-refractivity contribution is 6.43. The summed E-state index contributed by atoms with van der Waals surface area (Å²) < 4.78 is 40.5. The molecule has 1 heterocycles. The molecule has 0 fully saturated rings. The highest BCUT2D eigenvalue weighted by Gasteiger charge is 2.33. The van der Waals surface area contributed by atoms with Gasteiger partial charge in [-0.05, 0) is 12.1 Å². The van der Waals surface area contributed by atoms with Crippen molar-refractivity contribution in [2.45, 2.75) is 6.36 Å². The number of halogens is 5. The van der Waals surface area contributed by atoms with Gasteiger partial charge in [0.15, 0.2) is 5.75 Å². The van der Waals surface area contributed by atoms with Crippen LogP contribution in [0.5, 0.6) is 5.75 Å². The highest BCUT2D eigenvalue weighted by Crippen LogP contribution is 2.40. The Morgan fingerprint density at radius 3 is 2.50 bits per heavy atom. The van der Waals surface area contributed by atoms with E-state index in [4.69, 9.17) is 23.2 Å². The van der Waals surface area contributed by atoms with Crippen molar-refractivity contribution < 1.29 is 22.8 Å². The Morgan fingerprint density at radius 1 is 1.30 bits per heavy atom. The van der Waals surface area contributed by atoms with E-state index in [-0.39, 0.29) is 15.9 Å². The van der Waals surface area contributed by atoms with Gasteiger partial charge in [0.05, 0.1) is 9.95 Å². The van der Waals surface area contributed by atoms with Crippen molar-refractivity contribution in [2.24, 2.45) is 0 Å². The predicted molar refractivity (Wildman–Crippen MR) is 65.1 cm³/mol. The SMILES string of the molecule is O=[N+]([O-])c1cnc2c(OC(F)(F)F)ccc(Cl)c2c1Cl. The molecule has 0 N–H and O–H groups in total. The second-order valence-electron chi connectivity index (χ2n) is 3.53. The number of nitrogens with zero attached hydrogens (tertiary/aromatic N) is 2. The first kappa shape index (κ1) is 14.6. The van der Waals surface area contributed by atoms with Crippen LogP contribution in [0.2, 0.25) is 10.0 Å². The molecule has 1 aromatic heterocycles. The molecule has 5 nitrogen and oxygen atoms in total. The third kappa shape index (κ3) is 2.70. The summed E-state index contributed by atoms with van der Waals surface area (Å²) >= 11 is 11.6. The number of nitro groups is 1. The van der Waals surface area contributed by atoms with Crippen LogP contribution in [0, 0.1) is 10.1 Å². The molecule has 0 bridgehead atoms. The van der Waals surface area contributed by atoms with Gasteiger partial charge in [-0.1, -0.05) is 23.2 Å². The fourth-order valence-electron chi connectivity index (χ4n) is 1.53. The van der Waals surface area contributed by atoms with Crippen LogP contribution in [-0.2, 0) is 0 Å². The van der Waals surface area contributed by atoms with Crippen molar-refractivity contribution in [3.05, 3.63) is 38.5 Å². The fraction of sp³-hybridized carbons (Fsp3) is 0.100. The topological polar surface area (TPSA) is 65.3 Å². The van der Waals surface area contributed by atoms with Crippen molar-refractivity contribution in [1.29, 1.82) is 0 Å². The molecule has 0 saturated carbocycles. The number of rotatable bonds is 2. The Balaban J connectivity index is 2.74. The molecule has 0 aliphatic heterocycles. The van der Waals surface area contributed by atoms with Crippen molar-refractivity contribution in [3.63, 3.8) is 0 Å². The summed E-state index contributed by atoms with van der Waals surface area (Å²) in [7, 11) is 0. The van der Waals surface area contributed by atoms with Crippen molar-refractivity contribution in [1.82, 2.24) is 4.98 Å². The van der Waals surface area contributed by atoms with Gasteiger partial charge >= 0.3 is 12.0 Å². The van der Waals surface area contributed by atoms with Gasteiger partial charge < -0.3 is 4.74 Å². The maximum absolute atomic E-state index is 12.3. The van der Waals surface area contributed by atoms with E-state index in [9.17, 15) is 23.3 Å². The third-order valence-electron chi connectivity index (χ3n) is 2.27. The smallest absolute Gasteiger partial charge is 0.403 e. The minimum absolute atomic E-state index is 0.0734. The first-order chi connectivity index (χ1) is 9.20. The quantitative estimate of drug-likeness (QED) is 0.608. The number of fused-ring (bicyclic) bond motifs is 1. The zero-order valence-electron chi connectivity index (χ0n) is 9.24. The Bertz CT molecular complexity index is 706. The second kappa shape index (κ2) is 4.95. The maximum Gasteiger partial charge on any atom is 0.573 e. The van der Waals surface area contributed by atoms with E-state index in [1.54, 1.807) is 0 Å². The van der Waals surface area contributed by atoms with Crippen LogP contribution in [-0.4, -0.2) is 16.3 Å². The lowest BCUT2D eigenvalue weighted by atomic mass is 10.2. The van der Waals surface area contributed by atoms with Crippen molar-refractivity contribution in [2.75, 3.05) is 0 Å². The molecular weight excluding hydrogens is 324 g/mol. The summed E-state index contributed by atoms with van der Waals surface area (Å²) in [5.74, 6) is -0.645. The largest absolute Gasteiger partial charge is 0.573 e. The lowest BCUT2D eigenvalue weighted by Gasteiger charge is -2.12. The molecule has 0 aliphatic rings. The van der Waals surface area contributed by atoms with Crippen molar-refractivity contribution >= 4 is 39.8 Å². The molecule has 0 amide bonds. The number of aromatic nitrogens is 1. The first-order valence-electron chi connectivity index (χ1n) is 4.87. The van der Waals surface area contributed by atoms with E-state index < -0.39 is 27.7 Å². The van der Waals surface area contributed by atoms with E-state index in [1.165, 1.54) is 0 Å². The average Bonchev–Trinajstić information content (AvgIpc) is 2.30. The Morgan fingerprint density at radius 2 is 1.95 bits per heavy atom. The highest BCUT2D eigenvalue weighted by atomic mass is 35.5. The minimum atomic E-state index is -4.93. The summed E-state index contributed by atoms with van der Waals surface area (Å²) in [6.07, 6.45) is -4.19. The summed E-state index contributed by atoms with van der Waals surface area (Å²) in [6.45, 7) is 0. The number of pyridine rings is 1. The summed E-state index contributed by atoms with van der Waals surface area (Å²) in [5.41, 5.74) is -0.879. The van der Waals surface area contributed by atoms with Gasteiger partial charge in [0, 0.05) is 5.39 Å². The lowest BCUT2D eigenvalue weighted by molar-refractivity contribution is -0.384. The van der Waals surface area contributed by atoms with Gasteiger partial charge in [-0.3, -0.25) is 10.1 Å². The monoisotopic (exact) mass is 326 g/mol. The van der Waals surface area contributed by atoms with Gasteiger partial charge in [-0.15, -0.1) is 13.2 Å². The van der Waals surface area contributed by atoms with E-state index >= 15 is 0 Å². The summed E-state index contributed by atoms with van der Waals surface area (Å²) in [6, 6.07) is 2.04. The molecule has 0 radical (unpaired) electrons. The molecule has 0 atom stereocenters. The Kier molecular flexibility index (Phi) is 3.61. The van der Waals surface area contributed by atoms with Crippen LogP contribution >= 0.6 is 23.2 Å². The van der Waals surface area contributed by atoms with E-state index in [0.717, 1.165) is 18.3 Å². The zero-order valence-corrected chi connectivity index (χ0v) is 10.8. The van der Waals surface area contributed by atoms with Gasteiger partial charge in [0.2, 0.25) is 0 Å². The minimum Gasteiger partial charge on any atom is -0.403 e. The van der Waals surface area contributed by atoms with Crippen LogP contribution in [0.15, 0.2) is 18.3 Å². The number of hydrogen-bond donors (Lipinski definition) is 0. The molecule has 106 valence electrons. The number of hydrogen-bond acceptors (Lipinski definition) is 4. The Labute approximate surface area is 119 Å². The first-order valence-corrected chi connectivity index (χ1v) is 5.63. The van der Waals surface area contributed by atoms with Crippen LogP contribution in [0.25, 0.3) is 10.9 Å². The Hall–Kier alpha value is -1.80. The standard InChI is InChI=1S/C10H3Cl2F3N2O3/c11-4-1-2-6(20-10(13,14)15)9-7(4)8(12)5(3-16-9)17(18)19/h1-3H. The number of ether oxygens (including phenoxy) is 1.